The molecule has 1 N–H and O–H groups in total. The number of hydrogen-bond donors (Lipinski definition) is 1. The lowest BCUT2D eigenvalue weighted by molar-refractivity contribution is -0.117. The van der Waals surface area contributed by atoms with Crippen LogP contribution in [0.5, 0.6) is 0 Å². The molecular weight excluding hydrogens is 414 g/mol. The third-order valence-electron chi connectivity index (χ3n) is 5.89. The van der Waals surface area contributed by atoms with Crippen LogP contribution in [-0.4, -0.2) is 64.1 Å². The first-order chi connectivity index (χ1) is 15.9. The van der Waals surface area contributed by atoms with Gasteiger partial charge in [0.25, 0.3) is 5.91 Å². The summed E-state index contributed by atoms with van der Waals surface area (Å²) in [7, 11) is 0. The Labute approximate surface area is 195 Å². The van der Waals surface area contributed by atoms with E-state index in [1.54, 1.807) is 4.68 Å². The van der Waals surface area contributed by atoms with E-state index in [2.05, 4.69) is 15.3 Å². The molecule has 0 spiro atoms. The zero-order chi connectivity index (χ0) is 23.4. The first-order valence-electron chi connectivity index (χ1n) is 11.4. The van der Waals surface area contributed by atoms with Crippen LogP contribution in [0.2, 0.25) is 0 Å². The molecule has 0 saturated carbocycles. The van der Waals surface area contributed by atoms with Crippen molar-refractivity contribution in [3.8, 4) is 5.69 Å². The van der Waals surface area contributed by atoms with Gasteiger partial charge in [-0.05, 0) is 51.5 Å². The number of benzene rings is 2. The smallest absolute Gasteiger partial charge is 0.253 e. The van der Waals surface area contributed by atoms with E-state index in [1.165, 1.54) is 5.56 Å². The van der Waals surface area contributed by atoms with Crippen molar-refractivity contribution in [2.45, 2.75) is 27.2 Å². The largest absolute Gasteiger partial charge is 0.337 e. The van der Waals surface area contributed by atoms with Gasteiger partial charge in [0.1, 0.15) is 5.82 Å². The highest BCUT2D eigenvalue weighted by Crippen LogP contribution is 2.18. The molecule has 1 aromatic heterocycles. The second-order valence-corrected chi connectivity index (χ2v) is 8.76. The summed E-state index contributed by atoms with van der Waals surface area (Å²) in [5.41, 5.74) is 4.72. The lowest BCUT2D eigenvalue weighted by atomic mass is 10.1. The van der Waals surface area contributed by atoms with Gasteiger partial charge in [-0.2, -0.15) is 5.10 Å². The minimum absolute atomic E-state index is 0.0578. The van der Waals surface area contributed by atoms with Gasteiger partial charge in [-0.3, -0.25) is 14.5 Å². The van der Waals surface area contributed by atoms with Crippen molar-refractivity contribution in [2.75, 3.05) is 38.0 Å². The lowest BCUT2D eigenvalue weighted by Crippen LogP contribution is -2.38. The molecule has 4 rings (SSSR count). The van der Waals surface area contributed by atoms with E-state index < -0.39 is 0 Å². The number of anilines is 1. The Morgan fingerprint density at radius 3 is 2.45 bits per heavy atom. The Bertz CT molecular complexity index is 1140. The average molecular weight is 446 g/mol. The fourth-order valence-electron chi connectivity index (χ4n) is 4.15. The van der Waals surface area contributed by atoms with Gasteiger partial charge in [-0.25, -0.2) is 4.68 Å². The van der Waals surface area contributed by atoms with Gasteiger partial charge in [0.15, 0.2) is 0 Å². The second kappa shape index (κ2) is 10.0. The molecule has 2 amide bonds. The number of carbonyl (C=O) groups excluding carboxylic acids is 2. The van der Waals surface area contributed by atoms with Crippen LogP contribution >= 0.6 is 0 Å². The summed E-state index contributed by atoms with van der Waals surface area (Å²) in [6, 6.07) is 17.6. The Morgan fingerprint density at radius 2 is 1.70 bits per heavy atom. The van der Waals surface area contributed by atoms with Crippen LogP contribution in [-0.2, 0) is 4.79 Å². The molecule has 0 atom stereocenters. The zero-order valence-electron chi connectivity index (χ0n) is 19.5. The third kappa shape index (κ3) is 5.68. The predicted molar refractivity (Wildman–Crippen MR) is 130 cm³/mol. The summed E-state index contributed by atoms with van der Waals surface area (Å²) in [6.07, 6.45) is 0.839. The Hall–Kier alpha value is -3.45. The van der Waals surface area contributed by atoms with E-state index in [0.717, 1.165) is 35.5 Å². The first kappa shape index (κ1) is 22.7. The number of nitrogens with zero attached hydrogens (tertiary/aromatic N) is 4. The highest BCUT2D eigenvalue weighted by atomic mass is 16.2. The fraction of sp³-hybridized carbons (Fsp3) is 0.346. The second-order valence-electron chi connectivity index (χ2n) is 8.76. The molecule has 1 aliphatic rings. The van der Waals surface area contributed by atoms with Crippen LogP contribution in [0.25, 0.3) is 5.69 Å². The summed E-state index contributed by atoms with van der Waals surface area (Å²) >= 11 is 0. The molecule has 7 nitrogen and oxygen atoms in total. The van der Waals surface area contributed by atoms with Gasteiger partial charge in [0.2, 0.25) is 5.91 Å². The van der Waals surface area contributed by atoms with Crippen molar-refractivity contribution in [1.82, 2.24) is 19.6 Å². The lowest BCUT2D eigenvalue weighted by Gasteiger charge is -2.22. The summed E-state index contributed by atoms with van der Waals surface area (Å²) < 4.78 is 1.76. The molecule has 33 heavy (non-hydrogen) atoms. The predicted octanol–water partition coefficient (Wildman–Crippen LogP) is 3.58. The molecule has 7 heteroatoms. The van der Waals surface area contributed by atoms with Gasteiger partial charge in [0.05, 0.1) is 17.9 Å². The molecule has 0 unspecified atom stereocenters. The van der Waals surface area contributed by atoms with Gasteiger partial charge >= 0.3 is 0 Å². The van der Waals surface area contributed by atoms with Crippen molar-refractivity contribution in [3.05, 3.63) is 77.0 Å². The van der Waals surface area contributed by atoms with E-state index in [9.17, 15) is 9.59 Å². The third-order valence-corrected chi connectivity index (χ3v) is 5.89. The topological polar surface area (TPSA) is 70.5 Å². The molecule has 2 aromatic carbocycles. The standard InChI is InChI=1S/C26H31N5O2/c1-19-8-10-23(11-9-19)31-24(17-21(3)28-31)27-25(32)18-29-12-5-13-30(15-14-29)26(33)22-7-4-6-20(2)16-22/h4,6-11,16-17H,5,12-15,18H2,1-3H3,(H,27,32). The molecule has 1 aliphatic heterocycles. The zero-order valence-corrected chi connectivity index (χ0v) is 19.5. The SMILES string of the molecule is Cc1ccc(-n2nc(C)cc2NC(=O)CN2CCCN(C(=O)c3cccc(C)c3)CC2)cc1. The van der Waals surface area contributed by atoms with Crippen LogP contribution in [0.15, 0.2) is 54.6 Å². The van der Waals surface area contributed by atoms with Crippen LogP contribution in [0.1, 0.15) is 33.6 Å². The van der Waals surface area contributed by atoms with Crippen LogP contribution in [0.3, 0.4) is 0 Å². The Morgan fingerprint density at radius 1 is 0.909 bits per heavy atom. The fourth-order valence-corrected chi connectivity index (χ4v) is 4.15. The number of carbonyl (C=O) groups is 2. The molecular formula is C26H31N5O2. The molecule has 0 bridgehead atoms. The van der Waals surface area contributed by atoms with E-state index in [0.29, 0.717) is 25.5 Å². The van der Waals surface area contributed by atoms with E-state index in [-0.39, 0.29) is 18.4 Å². The van der Waals surface area contributed by atoms with Crippen LogP contribution in [0, 0.1) is 20.8 Å². The minimum Gasteiger partial charge on any atom is -0.337 e. The number of hydrogen-bond acceptors (Lipinski definition) is 4. The summed E-state index contributed by atoms with van der Waals surface area (Å²) in [4.78, 5) is 29.7. The Kier molecular flexibility index (Phi) is 6.89. The number of nitrogens with one attached hydrogen (secondary N) is 1. The van der Waals surface area contributed by atoms with Crippen LogP contribution in [0.4, 0.5) is 5.82 Å². The molecule has 3 aromatic rings. The molecule has 1 fully saturated rings. The van der Waals surface area contributed by atoms with E-state index in [4.69, 9.17) is 0 Å². The van der Waals surface area contributed by atoms with Crippen molar-refractivity contribution < 1.29 is 9.59 Å². The summed E-state index contributed by atoms with van der Waals surface area (Å²) in [5, 5.41) is 7.55. The quantitative estimate of drug-likeness (QED) is 0.652. The van der Waals surface area contributed by atoms with E-state index in [1.807, 2.05) is 80.3 Å². The summed E-state index contributed by atoms with van der Waals surface area (Å²) in [6.45, 7) is 8.98. The van der Waals surface area contributed by atoms with Crippen molar-refractivity contribution in [1.29, 1.82) is 0 Å². The highest BCUT2D eigenvalue weighted by molar-refractivity contribution is 5.94. The van der Waals surface area contributed by atoms with Crippen molar-refractivity contribution in [2.24, 2.45) is 0 Å². The number of rotatable bonds is 5. The highest BCUT2D eigenvalue weighted by Gasteiger charge is 2.22. The van der Waals surface area contributed by atoms with Crippen molar-refractivity contribution >= 4 is 17.6 Å². The molecule has 0 radical (unpaired) electrons. The average Bonchev–Trinajstić information content (AvgIpc) is 2.99. The maximum Gasteiger partial charge on any atom is 0.253 e. The maximum atomic E-state index is 12.9. The maximum absolute atomic E-state index is 12.9. The molecule has 172 valence electrons. The van der Waals surface area contributed by atoms with Crippen LogP contribution < -0.4 is 5.32 Å². The number of aromatic nitrogens is 2. The number of aryl methyl sites for hydroxylation is 3. The number of amides is 2. The molecule has 0 aliphatic carbocycles. The minimum atomic E-state index is -0.0817. The molecule has 2 heterocycles. The van der Waals surface area contributed by atoms with E-state index >= 15 is 0 Å². The summed E-state index contributed by atoms with van der Waals surface area (Å²) in [5.74, 6) is 0.636. The van der Waals surface area contributed by atoms with Gasteiger partial charge < -0.3 is 10.2 Å². The molecule has 1 saturated heterocycles. The first-order valence-corrected chi connectivity index (χ1v) is 11.4. The van der Waals surface area contributed by atoms with Crippen molar-refractivity contribution in [3.63, 3.8) is 0 Å². The normalized spacial score (nSPS) is 14.7. The monoisotopic (exact) mass is 445 g/mol. The van der Waals surface area contributed by atoms with Gasteiger partial charge in [0, 0.05) is 37.8 Å². The van der Waals surface area contributed by atoms with Gasteiger partial charge in [-0.1, -0.05) is 35.4 Å². The Balaban J connectivity index is 1.36. The van der Waals surface area contributed by atoms with Gasteiger partial charge in [-0.15, -0.1) is 0 Å².